The first-order valence-corrected chi connectivity index (χ1v) is 8.32. The molecule has 1 aliphatic rings. The van der Waals surface area contributed by atoms with Gasteiger partial charge in [-0.2, -0.15) is 0 Å². The molecule has 0 radical (unpaired) electrons. The smallest absolute Gasteiger partial charge is 0.167 e. The Morgan fingerprint density at radius 3 is 1.96 bits per heavy atom. The number of hydrogen-bond donors (Lipinski definition) is 0. The summed E-state index contributed by atoms with van der Waals surface area (Å²) in [6, 6.07) is 5.32. The van der Waals surface area contributed by atoms with E-state index in [0.29, 0.717) is 25.7 Å². The molecule has 1 fully saturated rings. The van der Waals surface area contributed by atoms with Crippen LogP contribution < -0.4 is 0 Å². The van der Waals surface area contributed by atoms with Gasteiger partial charge in [0.2, 0.25) is 0 Å². The number of aldehydes is 1. The topological polar surface area (TPSA) is 17.1 Å². The first-order chi connectivity index (χ1) is 11.9. The maximum Gasteiger partial charge on any atom is 0.167 e. The lowest BCUT2D eigenvalue weighted by atomic mass is 9.78. The molecule has 0 atom stereocenters. The van der Waals surface area contributed by atoms with Crippen LogP contribution in [-0.4, -0.2) is 6.29 Å². The predicted octanol–water partition coefficient (Wildman–Crippen LogP) is 5.69. The van der Waals surface area contributed by atoms with Gasteiger partial charge in [0.1, 0.15) is 6.29 Å². The Morgan fingerprint density at radius 1 is 0.800 bits per heavy atom. The van der Waals surface area contributed by atoms with Crippen LogP contribution in [0.2, 0.25) is 0 Å². The molecule has 0 spiro atoms. The Hall–Kier alpha value is -2.17. The number of aryl methyl sites for hydroxylation is 1. The second-order valence-corrected chi connectivity index (χ2v) is 6.64. The van der Waals surface area contributed by atoms with Crippen molar-refractivity contribution in [3.05, 3.63) is 58.7 Å². The van der Waals surface area contributed by atoms with E-state index in [1.54, 1.807) is 0 Å². The fourth-order valence-corrected chi connectivity index (χ4v) is 3.51. The van der Waals surface area contributed by atoms with Gasteiger partial charge in [0.15, 0.2) is 23.3 Å². The minimum atomic E-state index is -1.18. The standard InChI is InChI=1S/C20H18F4O/c1-11-2-7-15(19(23)17(11)21)16-9-8-14(18(22)20(16)24)13-5-3-12(10-25)4-6-13/h2,7-10,12-13H,3-6H2,1H3. The zero-order chi connectivity index (χ0) is 18.1. The van der Waals surface area contributed by atoms with Crippen LogP contribution in [0.3, 0.4) is 0 Å². The highest BCUT2D eigenvalue weighted by atomic mass is 19.2. The summed E-state index contributed by atoms with van der Waals surface area (Å²) in [5.41, 5.74) is -0.251. The van der Waals surface area contributed by atoms with Crippen LogP contribution in [0.4, 0.5) is 17.6 Å². The molecule has 3 rings (SSSR count). The molecule has 0 saturated heterocycles. The average Bonchev–Trinajstić information content (AvgIpc) is 2.63. The van der Waals surface area contributed by atoms with Crippen molar-refractivity contribution >= 4 is 6.29 Å². The van der Waals surface area contributed by atoms with Crippen molar-refractivity contribution in [2.24, 2.45) is 5.92 Å². The van der Waals surface area contributed by atoms with E-state index in [1.165, 1.54) is 31.2 Å². The van der Waals surface area contributed by atoms with Gasteiger partial charge < -0.3 is 4.79 Å². The van der Waals surface area contributed by atoms with Crippen LogP contribution in [0.1, 0.15) is 42.7 Å². The normalized spacial score (nSPS) is 20.5. The van der Waals surface area contributed by atoms with Crippen molar-refractivity contribution in [1.82, 2.24) is 0 Å². The van der Waals surface area contributed by atoms with Gasteiger partial charge in [-0.1, -0.05) is 24.3 Å². The van der Waals surface area contributed by atoms with E-state index in [4.69, 9.17) is 0 Å². The fourth-order valence-electron chi connectivity index (χ4n) is 3.51. The summed E-state index contributed by atoms with van der Waals surface area (Å²) in [6.07, 6.45) is 3.41. The number of hydrogen-bond acceptors (Lipinski definition) is 1. The van der Waals surface area contributed by atoms with E-state index in [9.17, 15) is 22.4 Å². The third-order valence-electron chi connectivity index (χ3n) is 5.08. The fraction of sp³-hybridized carbons (Fsp3) is 0.350. The third kappa shape index (κ3) is 3.20. The summed E-state index contributed by atoms with van der Waals surface area (Å²) in [4.78, 5) is 10.8. The maximum absolute atomic E-state index is 14.6. The van der Waals surface area contributed by atoms with Crippen LogP contribution in [-0.2, 0) is 4.79 Å². The summed E-state index contributed by atoms with van der Waals surface area (Å²) in [5.74, 6) is -4.62. The lowest BCUT2D eigenvalue weighted by molar-refractivity contribution is -0.111. The second-order valence-electron chi connectivity index (χ2n) is 6.64. The summed E-state index contributed by atoms with van der Waals surface area (Å²) in [7, 11) is 0. The van der Waals surface area contributed by atoms with Gasteiger partial charge in [0.25, 0.3) is 0 Å². The summed E-state index contributed by atoms with van der Waals surface area (Å²) in [5, 5.41) is 0. The van der Waals surface area contributed by atoms with Gasteiger partial charge in [-0.05, 0) is 49.7 Å². The van der Waals surface area contributed by atoms with E-state index in [-0.39, 0.29) is 34.1 Å². The molecule has 1 aliphatic carbocycles. The van der Waals surface area contributed by atoms with Crippen molar-refractivity contribution in [2.45, 2.75) is 38.5 Å². The molecule has 1 saturated carbocycles. The van der Waals surface area contributed by atoms with E-state index < -0.39 is 23.3 Å². The van der Waals surface area contributed by atoms with Crippen LogP contribution in [0, 0.1) is 36.1 Å². The highest BCUT2D eigenvalue weighted by Crippen LogP contribution is 2.39. The predicted molar refractivity (Wildman–Crippen MR) is 87.2 cm³/mol. The van der Waals surface area contributed by atoms with Gasteiger partial charge in [0.05, 0.1) is 0 Å². The van der Waals surface area contributed by atoms with Crippen LogP contribution in [0.25, 0.3) is 11.1 Å². The molecular weight excluding hydrogens is 332 g/mol. The summed E-state index contributed by atoms with van der Waals surface area (Å²) in [6.45, 7) is 1.40. The van der Waals surface area contributed by atoms with Crippen LogP contribution >= 0.6 is 0 Å². The summed E-state index contributed by atoms with van der Waals surface area (Å²) < 4.78 is 56.9. The minimum absolute atomic E-state index is 0.0203. The van der Waals surface area contributed by atoms with Crippen LogP contribution in [0.15, 0.2) is 24.3 Å². The Bertz CT molecular complexity index is 808. The van der Waals surface area contributed by atoms with E-state index in [2.05, 4.69) is 0 Å². The van der Waals surface area contributed by atoms with Gasteiger partial charge in [0, 0.05) is 17.0 Å². The molecule has 0 heterocycles. The molecule has 0 N–H and O–H groups in total. The van der Waals surface area contributed by atoms with Gasteiger partial charge in [-0.3, -0.25) is 0 Å². The number of benzene rings is 2. The monoisotopic (exact) mass is 350 g/mol. The third-order valence-corrected chi connectivity index (χ3v) is 5.08. The highest BCUT2D eigenvalue weighted by Gasteiger charge is 2.27. The number of carbonyl (C=O) groups excluding carboxylic acids is 1. The maximum atomic E-state index is 14.6. The second kappa shape index (κ2) is 6.98. The van der Waals surface area contributed by atoms with Crippen molar-refractivity contribution < 1.29 is 22.4 Å². The zero-order valence-corrected chi connectivity index (χ0v) is 13.8. The van der Waals surface area contributed by atoms with Crippen molar-refractivity contribution in [1.29, 1.82) is 0 Å². The highest BCUT2D eigenvalue weighted by molar-refractivity contribution is 5.66. The van der Waals surface area contributed by atoms with E-state index in [1.807, 2.05) is 0 Å². The van der Waals surface area contributed by atoms with Gasteiger partial charge in [-0.25, -0.2) is 17.6 Å². The first kappa shape index (κ1) is 17.6. The first-order valence-electron chi connectivity index (χ1n) is 8.32. The minimum Gasteiger partial charge on any atom is -0.303 e. The molecular formula is C20H18F4O. The number of carbonyl (C=O) groups is 1. The Balaban J connectivity index is 1.97. The SMILES string of the molecule is Cc1ccc(-c2ccc(C3CCC(C=O)CC3)c(F)c2F)c(F)c1F. The molecule has 5 heteroatoms. The molecule has 2 aromatic rings. The van der Waals surface area contributed by atoms with Crippen molar-refractivity contribution in [3.8, 4) is 11.1 Å². The lowest BCUT2D eigenvalue weighted by Crippen LogP contribution is -2.15. The van der Waals surface area contributed by atoms with Gasteiger partial charge >= 0.3 is 0 Å². The number of rotatable bonds is 3. The van der Waals surface area contributed by atoms with Gasteiger partial charge in [-0.15, -0.1) is 0 Å². The molecule has 0 aliphatic heterocycles. The Labute approximate surface area is 143 Å². The molecule has 0 bridgehead atoms. The van der Waals surface area contributed by atoms with E-state index in [0.717, 1.165) is 6.29 Å². The molecule has 1 nitrogen and oxygen atoms in total. The zero-order valence-electron chi connectivity index (χ0n) is 13.8. The lowest BCUT2D eigenvalue weighted by Gasteiger charge is -2.26. The average molecular weight is 350 g/mol. The molecule has 25 heavy (non-hydrogen) atoms. The number of halogens is 4. The molecule has 0 amide bonds. The quantitative estimate of drug-likeness (QED) is 0.513. The molecule has 2 aromatic carbocycles. The van der Waals surface area contributed by atoms with Crippen molar-refractivity contribution in [3.63, 3.8) is 0 Å². The Kier molecular flexibility index (Phi) is 4.93. The molecule has 0 aromatic heterocycles. The molecule has 0 unspecified atom stereocenters. The van der Waals surface area contributed by atoms with Crippen LogP contribution in [0.5, 0.6) is 0 Å². The van der Waals surface area contributed by atoms with Crippen molar-refractivity contribution in [2.75, 3.05) is 0 Å². The Morgan fingerprint density at radius 2 is 1.36 bits per heavy atom. The summed E-state index contributed by atoms with van der Waals surface area (Å²) >= 11 is 0. The van der Waals surface area contributed by atoms with E-state index >= 15 is 0 Å². The molecule has 132 valence electrons. The largest absolute Gasteiger partial charge is 0.303 e.